The van der Waals surface area contributed by atoms with Crippen molar-refractivity contribution in [3.8, 4) is 0 Å². The largest absolute Gasteiger partial charge is 0.479 e. The molecule has 0 aromatic heterocycles. The Labute approximate surface area is 116 Å². The molecule has 6 heteroatoms. The molecule has 0 bridgehead atoms. The average molecular weight is 283 g/mol. The van der Waals surface area contributed by atoms with E-state index in [1.807, 2.05) is 0 Å². The van der Waals surface area contributed by atoms with Gasteiger partial charge in [-0.15, -0.1) is 0 Å². The van der Waals surface area contributed by atoms with Crippen LogP contribution in [0.2, 0.25) is 0 Å². The van der Waals surface area contributed by atoms with Crippen molar-refractivity contribution >= 4 is 12.1 Å². The molecule has 5 nitrogen and oxygen atoms in total. The molecule has 1 amide bonds. The number of carbonyl (C=O) groups excluding carboxylic acids is 1. The summed E-state index contributed by atoms with van der Waals surface area (Å²) in [5.41, 5.74) is -2.19. The molecule has 0 radical (unpaired) electrons. The number of hydrogen-bond donors (Lipinski definition) is 2. The first-order valence-electron chi connectivity index (χ1n) is 6.05. The van der Waals surface area contributed by atoms with Crippen LogP contribution < -0.4 is 5.32 Å². The summed E-state index contributed by atoms with van der Waals surface area (Å²) in [6, 6.07) is 4.88. The lowest BCUT2D eigenvalue weighted by molar-refractivity contribution is -0.144. The zero-order chi connectivity index (χ0) is 15.6. The Morgan fingerprint density at radius 3 is 2.05 bits per heavy atom. The summed E-state index contributed by atoms with van der Waals surface area (Å²) >= 11 is 0. The molecule has 1 atom stereocenters. The first-order valence-corrected chi connectivity index (χ1v) is 6.05. The third kappa shape index (κ3) is 3.94. The normalized spacial score (nSPS) is 14.2. The monoisotopic (exact) mass is 283 g/mol. The number of hydrogen-bond acceptors (Lipinski definition) is 3. The second-order valence-corrected chi connectivity index (χ2v) is 5.56. The van der Waals surface area contributed by atoms with Crippen molar-refractivity contribution in [1.29, 1.82) is 0 Å². The molecule has 0 saturated carbocycles. The molecule has 0 aliphatic heterocycles. The Morgan fingerprint density at radius 2 is 1.65 bits per heavy atom. The Bertz CT molecular complexity index is 507. The van der Waals surface area contributed by atoms with E-state index in [1.165, 1.54) is 19.1 Å². The van der Waals surface area contributed by atoms with Gasteiger partial charge in [-0.25, -0.2) is 14.0 Å². The van der Waals surface area contributed by atoms with Gasteiger partial charge >= 0.3 is 12.1 Å². The van der Waals surface area contributed by atoms with Crippen LogP contribution in [-0.4, -0.2) is 22.8 Å². The first kappa shape index (κ1) is 15.9. The predicted octanol–water partition coefficient (Wildman–Crippen LogP) is 2.65. The first-order chi connectivity index (χ1) is 9.04. The minimum Gasteiger partial charge on any atom is -0.479 e. The van der Waals surface area contributed by atoms with Crippen molar-refractivity contribution < 1.29 is 23.8 Å². The van der Waals surface area contributed by atoms with E-state index in [-0.39, 0.29) is 5.56 Å². The summed E-state index contributed by atoms with van der Waals surface area (Å²) in [6.07, 6.45) is -0.855. The zero-order valence-corrected chi connectivity index (χ0v) is 11.9. The van der Waals surface area contributed by atoms with Gasteiger partial charge in [0.15, 0.2) is 5.54 Å². The van der Waals surface area contributed by atoms with Gasteiger partial charge in [0.2, 0.25) is 0 Å². The summed E-state index contributed by atoms with van der Waals surface area (Å²) in [7, 11) is 0. The van der Waals surface area contributed by atoms with E-state index in [0.717, 1.165) is 12.1 Å². The number of rotatable bonds is 3. The Morgan fingerprint density at radius 1 is 1.15 bits per heavy atom. The lowest BCUT2D eigenvalue weighted by Gasteiger charge is -2.28. The van der Waals surface area contributed by atoms with Crippen LogP contribution in [0.3, 0.4) is 0 Å². The molecule has 0 spiro atoms. The van der Waals surface area contributed by atoms with Crippen LogP contribution in [0.4, 0.5) is 9.18 Å². The fourth-order valence-electron chi connectivity index (χ4n) is 1.54. The highest BCUT2D eigenvalue weighted by Gasteiger charge is 2.38. The van der Waals surface area contributed by atoms with Crippen molar-refractivity contribution in [3.63, 3.8) is 0 Å². The summed E-state index contributed by atoms with van der Waals surface area (Å²) in [5, 5.41) is 11.6. The lowest BCUT2D eigenvalue weighted by Crippen LogP contribution is -2.51. The fraction of sp³-hybridized carbons (Fsp3) is 0.429. The van der Waals surface area contributed by atoms with E-state index in [2.05, 4.69) is 5.32 Å². The van der Waals surface area contributed by atoms with E-state index in [9.17, 15) is 19.1 Å². The molecule has 1 aromatic carbocycles. The van der Waals surface area contributed by atoms with Gasteiger partial charge in [-0.05, 0) is 45.4 Å². The van der Waals surface area contributed by atoms with Gasteiger partial charge in [-0.1, -0.05) is 12.1 Å². The highest BCUT2D eigenvalue weighted by molar-refractivity contribution is 5.85. The maximum Gasteiger partial charge on any atom is 0.408 e. The Hall–Kier alpha value is -2.11. The number of ether oxygens (including phenoxy) is 1. The van der Waals surface area contributed by atoms with Crippen LogP contribution >= 0.6 is 0 Å². The van der Waals surface area contributed by atoms with E-state index >= 15 is 0 Å². The van der Waals surface area contributed by atoms with E-state index < -0.39 is 29.0 Å². The molecule has 0 aliphatic carbocycles. The molecule has 1 unspecified atom stereocenters. The topological polar surface area (TPSA) is 75.6 Å². The molecule has 1 aromatic rings. The molecule has 0 fully saturated rings. The van der Waals surface area contributed by atoms with Gasteiger partial charge in [-0.3, -0.25) is 0 Å². The number of carboxylic acids is 1. The molecular weight excluding hydrogens is 265 g/mol. The van der Waals surface area contributed by atoms with Gasteiger partial charge in [0.05, 0.1) is 0 Å². The lowest BCUT2D eigenvalue weighted by atomic mass is 9.92. The van der Waals surface area contributed by atoms with Crippen LogP contribution in [0, 0.1) is 5.82 Å². The smallest absolute Gasteiger partial charge is 0.408 e. The SMILES string of the molecule is CC(C)(C)OC(=O)NC(C)(C(=O)O)c1ccc(F)cc1. The minimum absolute atomic E-state index is 0.247. The molecule has 110 valence electrons. The number of carbonyl (C=O) groups is 2. The summed E-state index contributed by atoms with van der Waals surface area (Å²) in [6.45, 7) is 6.32. The number of nitrogens with one attached hydrogen (secondary N) is 1. The fourth-order valence-corrected chi connectivity index (χ4v) is 1.54. The molecule has 0 saturated heterocycles. The summed E-state index contributed by atoms with van der Waals surface area (Å²) in [4.78, 5) is 23.2. The molecular formula is C14H18FNO4. The van der Waals surface area contributed by atoms with Gasteiger partial charge < -0.3 is 15.2 Å². The van der Waals surface area contributed by atoms with Crippen molar-refractivity contribution in [2.24, 2.45) is 0 Å². The van der Waals surface area contributed by atoms with Crippen LogP contribution in [0.5, 0.6) is 0 Å². The van der Waals surface area contributed by atoms with Gasteiger partial charge in [0, 0.05) is 0 Å². The van der Waals surface area contributed by atoms with Crippen molar-refractivity contribution in [1.82, 2.24) is 5.32 Å². The van der Waals surface area contributed by atoms with Crippen molar-refractivity contribution in [2.45, 2.75) is 38.8 Å². The van der Waals surface area contributed by atoms with Crippen molar-refractivity contribution in [2.75, 3.05) is 0 Å². The minimum atomic E-state index is -1.70. The Balaban J connectivity index is 3.01. The molecule has 20 heavy (non-hydrogen) atoms. The predicted molar refractivity (Wildman–Crippen MR) is 70.8 cm³/mol. The number of aliphatic carboxylic acids is 1. The van der Waals surface area contributed by atoms with Crippen molar-refractivity contribution in [3.05, 3.63) is 35.6 Å². The molecule has 1 rings (SSSR count). The number of halogens is 1. The molecule has 0 aliphatic rings. The number of alkyl carbamates (subject to hydrolysis) is 1. The summed E-state index contributed by atoms with van der Waals surface area (Å²) in [5.74, 6) is -1.76. The van der Waals surface area contributed by atoms with Crippen LogP contribution in [0.25, 0.3) is 0 Å². The maximum atomic E-state index is 12.9. The van der Waals surface area contributed by atoms with Gasteiger partial charge in [0.1, 0.15) is 11.4 Å². The van der Waals surface area contributed by atoms with Crippen LogP contribution in [0.1, 0.15) is 33.3 Å². The number of carboxylic acid groups (broad SMARTS) is 1. The number of benzene rings is 1. The second-order valence-electron chi connectivity index (χ2n) is 5.56. The average Bonchev–Trinajstić information content (AvgIpc) is 2.26. The molecule has 0 heterocycles. The van der Waals surface area contributed by atoms with Gasteiger partial charge in [0.25, 0.3) is 0 Å². The number of amides is 1. The highest BCUT2D eigenvalue weighted by atomic mass is 19.1. The van der Waals surface area contributed by atoms with Crippen LogP contribution in [-0.2, 0) is 15.1 Å². The summed E-state index contributed by atoms with van der Waals surface area (Å²) < 4.78 is 17.9. The third-order valence-electron chi connectivity index (χ3n) is 2.60. The van der Waals surface area contributed by atoms with E-state index in [0.29, 0.717) is 0 Å². The highest BCUT2D eigenvalue weighted by Crippen LogP contribution is 2.22. The van der Waals surface area contributed by atoms with E-state index in [4.69, 9.17) is 4.74 Å². The van der Waals surface area contributed by atoms with Gasteiger partial charge in [-0.2, -0.15) is 0 Å². The van der Waals surface area contributed by atoms with Crippen LogP contribution in [0.15, 0.2) is 24.3 Å². The zero-order valence-electron chi connectivity index (χ0n) is 11.9. The quantitative estimate of drug-likeness (QED) is 0.894. The Kier molecular flexibility index (Phi) is 4.37. The standard InChI is InChI=1S/C14H18FNO4/c1-13(2,3)20-12(19)16-14(4,11(17)18)9-5-7-10(15)8-6-9/h5-8H,1-4H3,(H,16,19)(H,17,18). The third-order valence-corrected chi connectivity index (χ3v) is 2.60. The van der Waals surface area contributed by atoms with E-state index in [1.54, 1.807) is 20.8 Å². The molecule has 2 N–H and O–H groups in total. The second kappa shape index (κ2) is 5.48. The maximum absolute atomic E-state index is 12.9.